The summed E-state index contributed by atoms with van der Waals surface area (Å²) in [4.78, 5) is 39.9. The van der Waals surface area contributed by atoms with Gasteiger partial charge in [-0.25, -0.2) is 0 Å². The highest BCUT2D eigenvalue weighted by Gasteiger charge is 2.67. The van der Waals surface area contributed by atoms with Crippen LogP contribution in [0.2, 0.25) is 0 Å². The van der Waals surface area contributed by atoms with Gasteiger partial charge in [0.2, 0.25) is 11.8 Å². The fourth-order valence-electron chi connectivity index (χ4n) is 4.16. The smallest absolute Gasteiger partial charge is 0.327 e. The fourth-order valence-corrected chi connectivity index (χ4v) is 4.68. The fraction of sp³-hybridized carbons (Fsp3) is 0.526. The van der Waals surface area contributed by atoms with Gasteiger partial charge in [-0.1, -0.05) is 12.1 Å². The van der Waals surface area contributed by atoms with Crippen LogP contribution < -0.4 is 5.32 Å². The van der Waals surface area contributed by atoms with Crippen molar-refractivity contribution in [3.8, 4) is 5.75 Å². The van der Waals surface area contributed by atoms with Crippen LogP contribution in [0.5, 0.6) is 5.75 Å². The number of likely N-dealkylation sites (tertiary alicyclic amines) is 1. The predicted molar refractivity (Wildman–Crippen MR) is 101 cm³/mol. The highest BCUT2D eigenvalue weighted by Crippen LogP contribution is 2.50. The van der Waals surface area contributed by atoms with Crippen molar-refractivity contribution in [2.75, 3.05) is 25.7 Å². The molecule has 146 valence electrons. The minimum atomic E-state index is -1.25. The van der Waals surface area contributed by atoms with Crippen molar-refractivity contribution >= 4 is 29.5 Å². The van der Waals surface area contributed by atoms with Crippen molar-refractivity contribution in [1.82, 2.24) is 10.2 Å². The number of carbonyl (C=O) groups excluding carboxylic acids is 3. The van der Waals surface area contributed by atoms with Crippen molar-refractivity contribution < 1.29 is 24.2 Å². The lowest BCUT2D eigenvalue weighted by molar-refractivity contribution is -0.156. The van der Waals surface area contributed by atoms with Crippen LogP contribution in [-0.2, 0) is 19.1 Å². The molecule has 27 heavy (non-hydrogen) atoms. The van der Waals surface area contributed by atoms with E-state index in [1.165, 1.54) is 19.2 Å². The summed E-state index contributed by atoms with van der Waals surface area (Å²) in [5, 5.41) is 12.9. The molecule has 3 rings (SSSR count). The van der Waals surface area contributed by atoms with Gasteiger partial charge in [-0.3, -0.25) is 24.6 Å². The van der Waals surface area contributed by atoms with E-state index in [1.807, 2.05) is 6.26 Å². The van der Waals surface area contributed by atoms with Gasteiger partial charge in [0.25, 0.3) is 0 Å². The summed E-state index contributed by atoms with van der Waals surface area (Å²) >= 11 is 1.57. The van der Waals surface area contributed by atoms with Gasteiger partial charge in [-0.2, -0.15) is 11.8 Å². The molecule has 2 N–H and O–H groups in total. The van der Waals surface area contributed by atoms with Crippen molar-refractivity contribution in [3.63, 3.8) is 0 Å². The zero-order valence-corrected chi connectivity index (χ0v) is 16.4. The quantitative estimate of drug-likeness (QED) is 0.557. The van der Waals surface area contributed by atoms with E-state index < -0.39 is 29.4 Å². The average molecular weight is 392 g/mol. The summed E-state index contributed by atoms with van der Waals surface area (Å²) in [7, 11) is 1.46. The van der Waals surface area contributed by atoms with Crippen LogP contribution in [0.3, 0.4) is 0 Å². The van der Waals surface area contributed by atoms with Crippen LogP contribution >= 0.6 is 11.8 Å². The van der Waals surface area contributed by atoms with E-state index in [1.54, 1.807) is 30.8 Å². The Morgan fingerprint density at radius 1 is 1.30 bits per heavy atom. The Balaban J connectivity index is 2.10. The maximum Gasteiger partial charge on any atom is 0.327 e. The zero-order valence-electron chi connectivity index (χ0n) is 15.6. The van der Waals surface area contributed by atoms with Gasteiger partial charge in [0, 0.05) is 13.1 Å². The first kappa shape index (κ1) is 19.7. The van der Waals surface area contributed by atoms with Crippen molar-refractivity contribution in [3.05, 3.63) is 29.8 Å². The maximum absolute atomic E-state index is 13.0. The monoisotopic (exact) mass is 392 g/mol. The molecule has 2 heterocycles. The molecule has 0 aromatic heterocycles. The number of hydrogen-bond acceptors (Lipinski definition) is 7. The number of carbonyl (C=O) groups is 3. The number of nitrogens with one attached hydrogen (secondary N) is 1. The standard InChI is InChI=1S/C19H24N2O5S/c1-4-26-18(25)19(9-10-27-3)14-13(16(23)21(2)17(14)24)15(20-19)11-5-7-12(22)8-6-11/h5-8,13-15,20,22H,4,9-10H2,1-3H3/t13-,14+,15-,19+/m0/s1. The molecule has 0 radical (unpaired) electrons. The lowest BCUT2D eigenvalue weighted by Gasteiger charge is -2.32. The number of phenolic OH excluding ortho intramolecular Hbond substituents is 1. The first-order valence-electron chi connectivity index (χ1n) is 8.91. The number of benzene rings is 1. The molecule has 2 fully saturated rings. The van der Waals surface area contributed by atoms with Crippen LogP contribution in [0.15, 0.2) is 24.3 Å². The Labute approximate surface area is 162 Å². The third-order valence-electron chi connectivity index (χ3n) is 5.47. The van der Waals surface area contributed by atoms with Crippen molar-refractivity contribution in [2.24, 2.45) is 11.8 Å². The van der Waals surface area contributed by atoms with Gasteiger partial charge < -0.3 is 9.84 Å². The van der Waals surface area contributed by atoms with Crippen LogP contribution in [0.4, 0.5) is 0 Å². The van der Waals surface area contributed by atoms with Crippen LogP contribution in [0, 0.1) is 11.8 Å². The van der Waals surface area contributed by atoms with Gasteiger partial charge in [-0.15, -0.1) is 0 Å². The van der Waals surface area contributed by atoms with Gasteiger partial charge in [0.15, 0.2) is 0 Å². The van der Waals surface area contributed by atoms with E-state index in [4.69, 9.17) is 4.74 Å². The zero-order chi connectivity index (χ0) is 19.8. The number of nitrogens with zero attached hydrogens (tertiary/aromatic N) is 1. The molecular formula is C19H24N2O5S. The van der Waals surface area contributed by atoms with E-state index in [0.717, 1.165) is 10.5 Å². The Kier molecular flexibility index (Phi) is 5.48. The Morgan fingerprint density at radius 2 is 1.96 bits per heavy atom. The Hall–Kier alpha value is -2.06. The summed E-state index contributed by atoms with van der Waals surface area (Å²) < 4.78 is 5.32. The molecule has 2 saturated heterocycles. The summed E-state index contributed by atoms with van der Waals surface area (Å²) in [6.45, 7) is 1.92. The summed E-state index contributed by atoms with van der Waals surface area (Å²) in [5.41, 5.74) is -0.501. The van der Waals surface area contributed by atoms with Gasteiger partial charge in [-0.05, 0) is 43.0 Å². The lowest BCUT2D eigenvalue weighted by atomic mass is 9.78. The number of ether oxygens (including phenoxy) is 1. The Bertz CT molecular complexity index is 753. The number of rotatable bonds is 6. The number of hydrogen-bond donors (Lipinski definition) is 2. The minimum absolute atomic E-state index is 0.110. The van der Waals surface area contributed by atoms with E-state index in [0.29, 0.717) is 12.2 Å². The summed E-state index contributed by atoms with van der Waals surface area (Å²) in [6, 6.07) is 5.96. The number of aromatic hydroxyl groups is 1. The SMILES string of the molecule is CCOC(=O)[C@]1(CCSC)N[C@@H](c2ccc(O)cc2)[C@H]2C(=O)N(C)C(=O)[C@@H]21. The third kappa shape index (κ3) is 3.10. The van der Waals surface area contributed by atoms with E-state index >= 15 is 0 Å². The lowest BCUT2D eigenvalue weighted by Crippen LogP contribution is -2.56. The third-order valence-corrected chi connectivity index (χ3v) is 6.08. The highest BCUT2D eigenvalue weighted by molar-refractivity contribution is 7.98. The van der Waals surface area contributed by atoms with E-state index in [2.05, 4.69) is 5.32 Å². The first-order valence-corrected chi connectivity index (χ1v) is 10.3. The topological polar surface area (TPSA) is 95.9 Å². The normalized spacial score (nSPS) is 29.9. The largest absolute Gasteiger partial charge is 0.508 e. The minimum Gasteiger partial charge on any atom is -0.508 e. The molecule has 2 amide bonds. The molecule has 4 atom stereocenters. The molecule has 1 aromatic rings. The predicted octanol–water partition coefficient (Wildman–Crippen LogP) is 1.32. The molecular weight excluding hydrogens is 368 g/mol. The molecule has 0 unspecified atom stereocenters. The summed E-state index contributed by atoms with van der Waals surface area (Å²) in [5.74, 6) is -1.88. The van der Waals surface area contributed by atoms with E-state index in [9.17, 15) is 19.5 Å². The molecule has 2 aliphatic rings. The maximum atomic E-state index is 13.0. The van der Waals surface area contributed by atoms with Crippen LogP contribution in [0.1, 0.15) is 24.9 Å². The number of amides is 2. The first-order chi connectivity index (χ1) is 12.9. The van der Waals surface area contributed by atoms with Crippen molar-refractivity contribution in [2.45, 2.75) is 24.9 Å². The van der Waals surface area contributed by atoms with Crippen molar-refractivity contribution in [1.29, 1.82) is 0 Å². The van der Waals surface area contributed by atoms with E-state index in [-0.39, 0.29) is 24.2 Å². The number of esters is 1. The second-order valence-corrected chi connectivity index (χ2v) is 7.87. The van der Waals surface area contributed by atoms with Crippen LogP contribution in [-0.4, -0.2) is 59.0 Å². The average Bonchev–Trinajstić information content (AvgIpc) is 3.11. The molecule has 0 bridgehead atoms. The molecule has 0 saturated carbocycles. The molecule has 0 spiro atoms. The molecule has 2 aliphatic heterocycles. The van der Waals surface area contributed by atoms with Gasteiger partial charge in [0.1, 0.15) is 11.3 Å². The molecule has 7 nitrogen and oxygen atoms in total. The molecule has 1 aromatic carbocycles. The molecule has 8 heteroatoms. The second-order valence-electron chi connectivity index (χ2n) is 6.89. The van der Waals surface area contributed by atoms with Gasteiger partial charge >= 0.3 is 5.97 Å². The number of fused-ring (bicyclic) bond motifs is 1. The molecule has 0 aliphatic carbocycles. The van der Waals surface area contributed by atoms with Gasteiger partial charge in [0.05, 0.1) is 18.4 Å². The number of thioether (sulfide) groups is 1. The van der Waals surface area contributed by atoms with Crippen LogP contribution in [0.25, 0.3) is 0 Å². The Morgan fingerprint density at radius 3 is 2.56 bits per heavy atom. The summed E-state index contributed by atoms with van der Waals surface area (Å²) in [6.07, 6.45) is 2.31. The number of phenols is 1. The highest BCUT2D eigenvalue weighted by atomic mass is 32.2. The second kappa shape index (κ2) is 7.52. The number of imide groups is 1.